The Labute approximate surface area is 153 Å². The number of aromatic nitrogens is 2. The van der Waals surface area contributed by atoms with Gasteiger partial charge in [-0.3, -0.25) is 20.0 Å². The van der Waals surface area contributed by atoms with Crippen LogP contribution < -0.4 is 5.43 Å². The van der Waals surface area contributed by atoms with E-state index in [2.05, 4.69) is 36.7 Å². The van der Waals surface area contributed by atoms with E-state index < -0.39 is 10.8 Å². The molecule has 0 saturated heterocycles. The van der Waals surface area contributed by atoms with Crippen LogP contribution in [-0.4, -0.2) is 27.2 Å². The number of hydrogen-bond acceptors (Lipinski definition) is 6. The number of carbonyl (C=O) groups excluding carboxylic acids is 1. The molecule has 126 valence electrons. The van der Waals surface area contributed by atoms with E-state index in [0.29, 0.717) is 5.56 Å². The molecule has 0 atom stereocenters. The van der Waals surface area contributed by atoms with Crippen LogP contribution in [0.1, 0.15) is 16.1 Å². The molecule has 2 N–H and O–H groups in total. The van der Waals surface area contributed by atoms with Crippen LogP contribution in [0.4, 0.5) is 5.69 Å². The smallest absolute Gasteiger partial charge is 0.276 e. The molecule has 0 spiro atoms. The van der Waals surface area contributed by atoms with Crippen LogP contribution in [0.15, 0.2) is 51.4 Å². The summed E-state index contributed by atoms with van der Waals surface area (Å²) in [6, 6.07) is 11.4. The first-order chi connectivity index (χ1) is 12.0. The molecule has 2 heterocycles. The Morgan fingerprint density at radius 2 is 2.20 bits per heavy atom. The Morgan fingerprint density at radius 1 is 1.36 bits per heavy atom. The maximum atomic E-state index is 12.0. The lowest BCUT2D eigenvalue weighted by atomic mass is 10.2. The molecule has 0 aliphatic carbocycles. The zero-order valence-corrected chi connectivity index (χ0v) is 14.9. The number of aromatic amines is 1. The van der Waals surface area contributed by atoms with Crippen LogP contribution in [0.5, 0.6) is 0 Å². The Morgan fingerprint density at radius 3 is 2.92 bits per heavy atom. The van der Waals surface area contributed by atoms with Crippen LogP contribution in [0.25, 0.3) is 10.6 Å². The van der Waals surface area contributed by atoms with Crippen LogP contribution in [0.3, 0.4) is 0 Å². The molecule has 0 bridgehead atoms. The Kier molecular flexibility index (Phi) is 5.00. The molecule has 0 saturated carbocycles. The zero-order chi connectivity index (χ0) is 17.8. The number of carbonyl (C=O) groups is 1. The summed E-state index contributed by atoms with van der Waals surface area (Å²) in [6.45, 7) is 0. The third-order valence-electron chi connectivity index (χ3n) is 3.11. The van der Waals surface area contributed by atoms with Gasteiger partial charge in [-0.25, -0.2) is 5.43 Å². The molecule has 3 rings (SSSR count). The van der Waals surface area contributed by atoms with Gasteiger partial charge in [-0.15, -0.1) is 11.3 Å². The number of nitro benzene ring substituents is 1. The number of hydrazone groups is 1. The minimum absolute atomic E-state index is 0.0469. The molecule has 0 aliphatic rings. The standard InChI is InChI=1S/C15H10BrN5O3S/c16-14-5-4-13(25-14)11-7-12(19-18-11)15(22)20-17-8-9-2-1-3-10(6-9)21(23)24/h1-8H,(H,18,19)(H,20,22)/b17-8+. The summed E-state index contributed by atoms with van der Waals surface area (Å²) < 4.78 is 0.977. The summed E-state index contributed by atoms with van der Waals surface area (Å²) in [5.41, 5.74) is 3.71. The lowest BCUT2D eigenvalue weighted by Gasteiger charge is -1.96. The van der Waals surface area contributed by atoms with E-state index in [4.69, 9.17) is 0 Å². The van der Waals surface area contributed by atoms with Gasteiger partial charge in [0.05, 0.1) is 25.5 Å². The number of halogens is 1. The van der Waals surface area contributed by atoms with Gasteiger partial charge in [0.15, 0.2) is 5.69 Å². The number of rotatable bonds is 5. The molecule has 8 nitrogen and oxygen atoms in total. The summed E-state index contributed by atoms with van der Waals surface area (Å²) in [4.78, 5) is 23.2. The van der Waals surface area contributed by atoms with Crippen LogP contribution in [0.2, 0.25) is 0 Å². The van der Waals surface area contributed by atoms with E-state index >= 15 is 0 Å². The van der Waals surface area contributed by atoms with Gasteiger partial charge < -0.3 is 0 Å². The summed E-state index contributed by atoms with van der Waals surface area (Å²) in [5, 5.41) is 21.3. The van der Waals surface area contributed by atoms with Crippen LogP contribution in [0, 0.1) is 10.1 Å². The predicted molar refractivity (Wildman–Crippen MR) is 97.8 cm³/mol. The molecule has 1 amide bonds. The molecule has 0 fully saturated rings. The number of nitrogens with zero attached hydrogens (tertiary/aromatic N) is 3. The molecular weight excluding hydrogens is 410 g/mol. The van der Waals surface area contributed by atoms with Crippen molar-refractivity contribution in [3.63, 3.8) is 0 Å². The van der Waals surface area contributed by atoms with Gasteiger partial charge in [0, 0.05) is 17.7 Å². The molecule has 3 aromatic rings. The fourth-order valence-corrected chi connectivity index (χ4v) is 3.32. The van der Waals surface area contributed by atoms with E-state index in [-0.39, 0.29) is 11.4 Å². The highest BCUT2D eigenvalue weighted by atomic mass is 79.9. The maximum absolute atomic E-state index is 12.0. The number of non-ortho nitro benzene ring substituents is 1. The molecule has 10 heteroatoms. The Balaban J connectivity index is 1.66. The maximum Gasteiger partial charge on any atom is 0.291 e. The van der Waals surface area contributed by atoms with Gasteiger partial charge in [0.25, 0.3) is 11.6 Å². The Bertz CT molecular complexity index is 965. The lowest BCUT2D eigenvalue weighted by molar-refractivity contribution is -0.384. The van der Waals surface area contributed by atoms with Crippen LogP contribution in [-0.2, 0) is 0 Å². The van der Waals surface area contributed by atoms with Gasteiger partial charge in [-0.2, -0.15) is 10.2 Å². The van der Waals surface area contributed by atoms with Crippen molar-refractivity contribution in [2.24, 2.45) is 5.10 Å². The largest absolute Gasteiger partial charge is 0.291 e. The monoisotopic (exact) mass is 419 g/mol. The first-order valence-electron chi connectivity index (χ1n) is 6.92. The highest BCUT2D eigenvalue weighted by Crippen LogP contribution is 2.30. The number of thiophene rings is 1. The number of amides is 1. The number of nitrogens with one attached hydrogen (secondary N) is 2. The second-order valence-corrected chi connectivity index (χ2v) is 7.28. The highest BCUT2D eigenvalue weighted by Gasteiger charge is 2.12. The average molecular weight is 420 g/mol. The molecule has 25 heavy (non-hydrogen) atoms. The summed E-state index contributed by atoms with van der Waals surface area (Å²) in [6.07, 6.45) is 1.33. The minimum atomic E-state index is -0.496. The third-order valence-corrected chi connectivity index (χ3v) is 4.77. The molecule has 0 unspecified atom stereocenters. The quantitative estimate of drug-likeness (QED) is 0.373. The van der Waals surface area contributed by atoms with Gasteiger partial charge in [0.1, 0.15) is 0 Å². The van der Waals surface area contributed by atoms with Gasteiger partial charge in [0.2, 0.25) is 0 Å². The van der Waals surface area contributed by atoms with E-state index in [1.54, 1.807) is 18.2 Å². The second-order valence-electron chi connectivity index (χ2n) is 4.82. The fourth-order valence-electron chi connectivity index (χ4n) is 1.96. The van der Waals surface area contributed by atoms with E-state index in [1.807, 2.05) is 12.1 Å². The van der Waals surface area contributed by atoms with E-state index in [1.165, 1.54) is 29.7 Å². The van der Waals surface area contributed by atoms with Crippen molar-refractivity contribution in [1.82, 2.24) is 15.6 Å². The third kappa shape index (κ3) is 4.17. The first-order valence-corrected chi connectivity index (χ1v) is 8.53. The molecule has 2 aromatic heterocycles. The topological polar surface area (TPSA) is 113 Å². The van der Waals surface area contributed by atoms with E-state index in [0.717, 1.165) is 14.4 Å². The summed E-state index contributed by atoms with van der Waals surface area (Å²) in [5.74, 6) is -0.486. The zero-order valence-electron chi connectivity index (χ0n) is 12.5. The molecule has 1 aromatic carbocycles. The van der Waals surface area contributed by atoms with Crippen molar-refractivity contribution >= 4 is 45.1 Å². The summed E-state index contributed by atoms with van der Waals surface area (Å²) >= 11 is 4.89. The average Bonchev–Trinajstić information content (AvgIpc) is 3.24. The van der Waals surface area contributed by atoms with Gasteiger partial charge in [-0.1, -0.05) is 12.1 Å². The van der Waals surface area contributed by atoms with Crippen molar-refractivity contribution < 1.29 is 9.72 Å². The van der Waals surface area contributed by atoms with Crippen molar-refractivity contribution in [3.8, 4) is 10.6 Å². The normalized spacial score (nSPS) is 10.9. The lowest BCUT2D eigenvalue weighted by Crippen LogP contribution is -2.18. The number of nitro groups is 1. The first kappa shape index (κ1) is 17.0. The molecular formula is C15H10BrN5O3S. The Hall–Kier alpha value is -2.85. The summed E-state index contributed by atoms with van der Waals surface area (Å²) in [7, 11) is 0. The second kappa shape index (κ2) is 7.36. The van der Waals surface area contributed by atoms with Crippen molar-refractivity contribution in [1.29, 1.82) is 0 Å². The predicted octanol–water partition coefficient (Wildman–Crippen LogP) is 3.57. The number of benzene rings is 1. The minimum Gasteiger partial charge on any atom is -0.276 e. The number of hydrogen-bond donors (Lipinski definition) is 2. The van der Waals surface area contributed by atoms with Crippen molar-refractivity contribution in [2.45, 2.75) is 0 Å². The highest BCUT2D eigenvalue weighted by molar-refractivity contribution is 9.11. The number of H-pyrrole nitrogens is 1. The molecule has 0 aliphatic heterocycles. The van der Waals surface area contributed by atoms with Gasteiger partial charge >= 0.3 is 0 Å². The SMILES string of the molecule is O=C(N/N=C/c1cccc([N+](=O)[O-])c1)c1cc(-c2ccc(Br)s2)[nH]n1. The van der Waals surface area contributed by atoms with Crippen molar-refractivity contribution in [3.05, 3.63) is 67.6 Å². The fraction of sp³-hybridized carbons (Fsp3) is 0. The van der Waals surface area contributed by atoms with Crippen molar-refractivity contribution in [2.75, 3.05) is 0 Å². The van der Waals surface area contributed by atoms with E-state index in [9.17, 15) is 14.9 Å². The van der Waals surface area contributed by atoms with Crippen LogP contribution >= 0.6 is 27.3 Å². The molecule has 0 radical (unpaired) electrons. The van der Waals surface area contributed by atoms with Gasteiger partial charge in [-0.05, 0) is 34.1 Å².